The summed E-state index contributed by atoms with van der Waals surface area (Å²) >= 11 is 1.20. The molecule has 0 aromatic carbocycles. The fraction of sp³-hybridized carbons (Fsp3) is 0.611. The number of rotatable bonds is 2. The van der Waals surface area contributed by atoms with Crippen molar-refractivity contribution in [2.24, 2.45) is 5.73 Å². The van der Waals surface area contributed by atoms with E-state index in [1.54, 1.807) is 41.5 Å². The highest BCUT2D eigenvalue weighted by Crippen LogP contribution is 2.38. The Morgan fingerprint density at radius 1 is 1.07 bits per heavy atom. The topological polar surface area (TPSA) is 125 Å². The molecule has 2 rings (SSSR count). The molecule has 0 radical (unpaired) electrons. The first kappa shape index (κ1) is 21.0. The van der Waals surface area contributed by atoms with Crippen LogP contribution in [0.2, 0.25) is 0 Å². The molecule has 1 aromatic heterocycles. The number of hydrogen-bond donors (Lipinski definition) is 2. The van der Waals surface area contributed by atoms with Gasteiger partial charge in [-0.15, -0.1) is 11.3 Å². The van der Waals surface area contributed by atoms with Crippen LogP contribution in [-0.2, 0) is 27.2 Å². The molecule has 4 N–H and O–H groups in total. The lowest BCUT2D eigenvalue weighted by Gasteiger charge is -2.35. The molecule has 0 fully saturated rings. The molecule has 150 valence electrons. The zero-order valence-electron chi connectivity index (χ0n) is 16.5. The van der Waals surface area contributed by atoms with Gasteiger partial charge in [-0.25, -0.2) is 9.59 Å². The maximum atomic E-state index is 12.6. The average molecular weight is 397 g/mol. The zero-order chi connectivity index (χ0) is 20.7. The van der Waals surface area contributed by atoms with Gasteiger partial charge in [0.1, 0.15) is 22.2 Å². The Labute approximate surface area is 162 Å². The minimum Gasteiger partial charge on any atom is -0.456 e. The second-order valence-corrected chi connectivity index (χ2v) is 9.61. The van der Waals surface area contributed by atoms with Crippen LogP contribution in [0.5, 0.6) is 0 Å². The summed E-state index contributed by atoms with van der Waals surface area (Å²) < 4.78 is 10.8. The summed E-state index contributed by atoms with van der Waals surface area (Å²) in [5.74, 6) is -1.22. The first-order valence-electron chi connectivity index (χ1n) is 8.62. The van der Waals surface area contributed by atoms with E-state index in [1.807, 2.05) is 0 Å². The van der Waals surface area contributed by atoms with Crippen molar-refractivity contribution in [3.05, 3.63) is 16.0 Å². The quantitative estimate of drug-likeness (QED) is 0.738. The highest BCUT2D eigenvalue weighted by Gasteiger charge is 2.40. The molecule has 1 aliphatic heterocycles. The van der Waals surface area contributed by atoms with Crippen LogP contribution in [0.1, 0.15) is 62.3 Å². The van der Waals surface area contributed by atoms with E-state index < -0.39 is 35.2 Å². The monoisotopic (exact) mass is 397 g/mol. The van der Waals surface area contributed by atoms with Gasteiger partial charge < -0.3 is 20.9 Å². The Bertz CT molecular complexity index is 773. The van der Waals surface area contributed by atoms with Crippen LogP contribution in [0.15, 0.2) is 0 Å². The number of anilines is 1. The number of fused-ring (bicyclic) bond motifs is 1. The Kier molecular flexibility index (Phi) is 5.47. The molecule has 0 bridgehead atoms. The molecule has 27 heavy (non-hydrogen) atoms. The summed E-state index contributed by atoms with van der Waals surface area (Å²) in [6.07, 6.45) is -0.547. The number of nitrogens with two attached hydrogens (primary N) is 2. The number of amides is 2. The fourth-order valence-corrected chi connectivity index (χ4v) is 3.85. The number of carbonyl (C=O) groups is 3. The van der Waals surface area contributed by atoms with Gasteiger partial charge in [0.25, 0.3) is 0 Å². The first-order valence-corrected chi connectivity index (χ1v) is 9.43. The van der Waals surface area contributed by atoms with Crippen LogP contribution in [0, 0.1) is 0 Å². The van der Waals surface area contributed by atoms with Gasteiger partial charge in [0, 0.05) is 11.3 Å². The molecule has 8 nitrogen and oxygen atoms in total. The van der Waals surface area contributed by atoms with Crippen LogP contribution in [-0.4, -0.2) is 40.1 Å². The van der Waals surface area contributed by atoms with Crippen LogP contribution >= 0.6 is 11.3 Å². The molecular weight excluding hydrogens is 370 g/mol. The normalized spacial score (nSPS) is 17.3. The number of nitrogens with zero attached hydrogens (tertiary/aromatic N) is 1. The number of thiophene rings is 1. The molecule has 2 amide bonds. The number of primary amides is 1. The van der Waals surface area contributed by atoms with Gasteiger partial charge in [0.15, 0.2) is 0 Å². The Hall–Kier alpha value is -2.29. The van der Waals surface area contributed by atoms with Gasteiger partial charge in [-0.05, 0) is 47.1 Å². The predicted molar refractivity (Wildman–Crippen MR) is 102 cm³/mol. The maximum Gasteiger partial charge on any atom is 0.411 e. The Morgan fingerprint density at radius 2 is 1.63 bits per heavy atom. The number of carbonyl (C=O) groups excluding carboxylic acids is 3. The van der Waals surface area contributed by atoms with Gasteiger partial charge in [-0.3, -0.25) is 9.69 Å². The average Bonchev–Trinajstić information content (AvgIpc) is 2.76. The molecule has 1 aliphatic rings. The summed E-state index contributed by atoms with van der Waals surface area (Å²) in [5.41, 5.74) is 11.0. The van der Waals surface area contributed by atoms with E-state index in [1.165, 1.54) is 16.2 Å². The molecule has 0 aliphatic carbocycles. The van der Waals surface area contributed by atoms with E-state index in [0.29, 0.717) is 10.6 Å². The van der Waals surface area contributed by atoms with Crippen molar-refractivity contribution in [2.45, 2.75) is 71.8 Å². The minimum atomic E-state index is -0.928. The summed E-state index contributed by atoms with van der Waals surface area (Å²) in [5, 5.41) is 0.295. The van der Waals surface area contributed by atoms with E-state index in [0.717, 1.165) is 4.88 Å². The second-order valence-electron chi connectivity index (χ2n) is 8.48. The van der Waals surface area contributed by atoms with E-state index in [4.69, 9.17) is 20.9 Å². The zero-order valence-corrected chi connectivity index (χ0v) is 17.4. The maximum absolute atomic E-state index is 12.6. The van der Waals surface area contributed by atoms with Gasteiger partial charge in [-0.1, -0.05) is 0 Å². The van der Waals surface area contributed by atoms with E-state index in [2.05, 4.69) is 0 Å². The molecule has 9 heteroatoms. The number of esters is 1. The standard InChI is InChI=1S/C18H27N3O5S/c1-17(2,3)25-15(23)12-9-7-10(13(19)22)21(8-11(9)27-14(12)20)16(24)26-18(4,5)6/h10H,7-8,20H2,1-6H3,(H2,19,22)/t10-/m0/s1. The fourth-order valence-electron chi connectivity index (χ4n) is 2.76. The number of ether oxygens (including phenoxy) is 2. The third-order valence-corrected chi connectivity index (χ3v) is 4.81. The largest absolute Gasteiger partial charge is 0.456 e. The molecule has 0 unspecified atom stereocenters. The molecule has 1 aromatic rings. The highest BCUT2D eigenvalue weighted by molar-refractivity contribution is 7.16. The van der Waals surface area contributed by atoms with Gasteiger partial charge in [0.2, 0.25) is 5.91 Å². The van der Waals surface area contributed by atoms with Crippen LogP contribution in [0.25, 0.3) is 0 Å². The van der Waals surface area contributed by atoms with Crippen LogP contribution in [0.3, 0.4) is 0 Å². The Balaban J connectivity index is 2.39. The molecule has 0 spiro atoms. The lowest BCUT2D eigenvalue weighted by molar-refractivity contribution is -0.123. The van der Waals surface area contributed by atoms with Crippen molar-refractivity contribution >= 4 is 34.3 Å². The van der Waals surface area contributed by atoms with Gasteiger partial charge in [-0.2, -0.15) is 0 Å². The number of nitrogen functional groups attached to an aromatic ring is 1. The van der Waals surface area contributed by atoms with Crippen molar-refractivity contribution < 1.29 is 23.9 Å². The molecule has 2 heterocycles. The third-order valence-electron chi connectivity index (χ3n) is 3.77. The van der Waals surface area contributed by atoms with E-state index >= 15 is 0 Å². The van der Waals surface area contributed by atoms with Crippen molar-refractivity contribution in [1.82, 2.24) is 4.90 Å². The molecule has 0 saturated heterocycles. The molecule has 0 saturated carbocycles. The first-order chi connectivity index (χ1) is 12.2. The van der Waals surface area contributed by atoms with Crippen molar-refractivity contribution in [3.63, 3.8) is 0 Å². The van der Waals surface area contributed by atoms with Gasteiger partial charge in [0.05, 0.1) is 12.1 Å². The summed E-state index contributed by atoms with van der Waals surface area (Å²) in [6.45, 7) is 10.6. The van der Waals surface area contributed by atoms with Crippen LogP contribution in [0.4, 0.5) is 9.80 Å². The summed E-state index contributed by atoms with van der Waals surface area (Å²) in [7, 11) is 0. The summed E-state index contributed by atoms with van der Waals surface area (Å²) in [6, 6.07) is -0.928. The lowest BCUT2D eigenvalue weighted by Crippen LogP contribution is -2.52. The predicted octanol–water partition coefficient (Wildman–Crippen LogP) is 2.43. The lowest BCUT2D eigenvalue weighted by atomic mass is 9.96. The second kappa shape index (κ2) is 7.03. The highest BCUT2D eigenvalue weighted by atomic mass is 32.1. The minimum absolute atomic E-state index is 0.0895. The van der Waals surface area contributed by atoms with Gasteiger partial charge >= 0.3 is 12.1 Å². The van der Waals surface area contributed by atoms with Crippen LogP contribution < -0.4 is 11.5 Å². The number of hydrogen-bond acceptors (Lipinski definition) is 7. The molecular formula is C18H27N3O5S. The smallest absolute Gasteiger partial charge is 0.411 e. The SMILES string of the molecule is CC(C)(C)OC(=O)c1c(N)sc2c1C[C@@H](C(N)=O)N(C(=O)OC(C)(C)C)C2. The Morgan fingerprint density at radius 3 is 2.11 bits per heavy atom. The summed E-state index contributed by atoms with van der Waals surface area (Å²) in [4.78, 5) is 39.1. The van der Waals surface area contributed by atoms with E-state index in [-0.39, 0.29) is 18.5 Å². The van der Waals surface area contributed by atoms with Crippen molar-refractivity contribution in [2.75, 3.05) is 5.73 Å². The van der Waals surface area contributed by atoms with Crippen molar-refractivity contribution in [1.29, 1.82) is 0 Å². The van der Waals surface area contributed by atoms with Crippen molar-refractivity contribution in [3.8, 4) is 0 Å². The van der Waals surface area contributed by atoms with E-state index in [9.17, 15) is 14.4 Å². The third kappa shape index (κ3) is 4.91. The molecule has 1 atom stereocenters.